The van der Waals surface area contributed by atoms with E-state index in [2.05, 4.69) is 66.9 Å². The Morgan fingerprint density at radius 3 is 2.53 bits per heavy atom. The molecule has 1 saturated heterocycles. The fraction of sp³-hybridized carbons (Fsp3) is 0.536. The molecular weight excluding hydrogens is 424 g/mol. The van der Waals surface area contributed by atoms with Crippen LogP contribution in [0, 0.1) is 12.0 Å². The average Bonchev–Trinajstić information content (AvgIpc) is 3.27. The van der Waals surface area contributed by atoms with Gasteiger partial charge in [0.15, 0.2) is 5.71 Å². The van der Waals surface area contributed by atoms with Crippen LogP contribution in [-0.2, 0) is 10.4 Å². The number of likely N-dealkylation sites (tertiary alicyclic amines) is 1. The molecule has 2 aliphatic heterocycles. The Morgan fingerprint density at radius 1 is 1.24 bits per heavy atom. The van der Waals surface area contributed by atoms with E-state index in [9.17, 15) is 9.90 Å². The van der Waals surface area contributed by atoms with Crippen molar-refractivity contribution in [3.05, 3.63) is 58.7 Å². The number of carbonyl (C=O) groups excluding carboxylic acids is 1. The lowest BCUT2D eigenvalue weighted by Gasteiger charge is -2.45. The van der Waals surface area contributed by atoms with Crippen LogP contribution in [-0.4, -0.2) is 40.8 Å². The van der Waals surface area contributed by atoms with Gasteiger partial charge in [-0.2, -0.15) is 0 Å². The van der Waals surface area contributed by atoms with Crippen LogP contribution in [0.1, 0.15) is 77.3 Å². The maximum absolute atomic E-state index is 12.9. The second-order valence-corrected chi connectivity index (χ2v) is 11.1. The van der Waals surface area contributed by atoms with Crippen LogP contribution in [0.2, 0.25) is 0 Å². The Bertz CT molecular complexity index is 1110. The summed E-state index contributed by atoms with van der Waals surface area (Å²) in [4.78, 5) is 22.7. The van der Waals surface area contributed by atoms with Crippen molar-refractivity contribution < 1.29 is 9.90 Å². The van der Waals surface area contributed by atoms with Crippen LogP contribution in [0.4, 0.5) is 5.69 Å². The zero-order chi connectivity index (χ0) is 24.7. The fourth-order valence-electron chi connectivity index (χ4n) is 5.37. The number of carbonyl (C=O) groups is 1. The molecule has 6 heteroatoms. The Labute approximate surface area is 203 Å². The molecule has 3 aliphatic rings. The van der Waals surface area contributed by atoms with E-state index >= 15 is 0 Å². The van der Waals surface area contributed by atoms with Gasteiger partial charge in [0.05, 0.1) is 5.60 Å². The number of amides is 1. The van der Waals surface area contributed by atoms with Gasteiger partial charge in [0.2, 0.25) is 0 Å². The van der Waals surface area contributed by atoms with Gasteiger partial charge in [-0.1, -0.05) is 38.6 Å². The molecule has 0 aromatic heterocycles. The summed E-state index contributed by atoms with van der Waals surface area (Å²) < 4.78 is 0. The number of benzene rings is 1. The van der Waals surface area contributed by atoms with Crippen molar-refractivity contribution >= 4 is 22.9 Å². The third kappa shape index (κ3) is 4.87. The first-order valence-corrected chi connectivity index (χ1v) is 12.3. The molecule has 6 nitrogen and oxygen atoms in total. The summed E-state index contributed by atoms with van der Waals surface area (Å²) in [6.07, 6.45) is 8.66. The summed E-state index contributed by atoms with van der Waals surface area (Å²) >= 11 is 0. The van der Waals surface area contributed by atoms with E-state index in [1.54, 1.807) is 6.08 Å². The summed E-state index contributed by atoms with van der Waals surface area (Å²) in [5.41, 5.74) is 3.55. The van der Waals surface area contributed by atoms with E-state index in [-0.39, 0.29) is 29.2 Å². The molecule has 2 atom stereocenters. The van der Waals surface area contributed by atoms with Crippen molar-refractivity contribution in [1.82, 2.24) is 4.90 Å². The minimum Gasteiger partial charge on any atom is -0.385 e. The summed E-state index contributed by atoms with van der Waals surface area (Å²) in [6, 6.07) is 6.51. The van der Waals surface area contributed by atoms with Gasteiger partial charge < -0.3 is 20.2 Å². The first-order chi connectivity index (χ1) is 16.0. The van der Waals surface area contributed by atoms with Crippen molar-refractivity contribution in [1.29, 1.82) is 0 Å². The van der Waals surface area contributed by atoms with E-state index in [4.69, 9.17) is 6.57 Å². The maximum atomic E-state index is 12.9. The highest BCUT2D eigenvalue weighted by molar-refractivity contribution is 6.44. The number of aliphatic imine (C=N–C) groups is 1. The van der Waals surface area contributed by atoms with Gasteiger partial charge in [-0.05, 0) is 81.7 Å². The van der Waals surface area contributed by atoms with E-state index in [0.717, 1.165) is 36.1 Å². The second-order valence-electron chi connectivity index (χ2n) is 11.1. The van der Waals surface area contributed by atoms with Crippen LogP contribution in [0.25, 0.3) is 10.4 Å². The molecule has 1 aliphatic carbocycles. The first kappa shape index (κ1) is 24.4. The lowest BCUT2D eigenvalue weighted by molar-refractivity contribution is -0.110. The summed E-state index contributed by atoms with van der Waals surface area (Å²) in [6.45, 7) is 16.0. The zero-order valence-corrected chi connectivity index (χ0v) is 21.0. The highest BCUT2D eigenvalue weighted by Crippen LogP contribution is 2.43. The van der Waals surface area contributed by atoms with Gasteiger partial charge in [0.1, 0.15) is 0 Å². The summed E-state index contributed by atoms with van der Waals surface area (Å²) in [7, 11) is 2.12. The predicted octanol–water partition coefficient (Wildman–Crippen LogP) is 5.51. The zero-order valence-electron chi connectivity index (χ0n) is 21.0. The first-order valence-electron chi connectivity index (χ1n) is 12.3. The number of aliphatic hydroxyl groups is 1. The van der Waals surface area contributed by atoms with Gasteiger partial charge in [-0.3, -0.25) is 4.79 Å². The van der Waals surface area contributed by atoms with Crippen molar-refractivity contribution in [2.75, 3.05) is 12.4 Å². The molecule has 1 aromatic carbocycles. The van der Waals surface area contributed by atoms with Gasteiger partial charge >= 0.3 is 0 Å². The molecule has 180 valence electrons. The Kier molecular flexibility index (Phi) is 6.54. The Hall–Kier alpha value is -2.75. The van der Waals surface area contributed by atoms with Crippen molar-refractivity contribution in [3.8, 4) is 0 Å². The number of hydrogen-bond acceptors (Lipinski definition) is 4. The van der Waals surface area contributed by atoms with Crippen LogP contribution < -0.4 is 5.32 Å². The average molecular weight is 461 g/mol. The lowest BCUT2D eigenvalue weighted by atomic mass is 9.75. The van der Waals surface area contributed by atoms with Gasteiger partial charge in [0, 0.05) is 29.8 Å². The molecular formula is C28H36N4O2. The molecule has 2 heterocycles. The standard InChI is InChI=1S/C28H36N4O2/c1-18-16-28(34,17-19(2)32(18)6)21-7-8-23(31-26(33)24-9-10-25(29-5)30-24)22(15-21)20-11-13-27(3,4)14-12-20/h7-8,10-11,15,18-19,34H,9,12-14,16-17H2,1-4,6H3,(H,31,33). The molecule has 4 rings (SSSR count). The molecule has 1 amide bonds. The topological polar surface area (TPSA) is 69.3 Å². The number of anilines is 1. The predicted molar refractivity (Wildman–Crippen MR) is 137 cm³/mol. The highest BCUT2D eigenvalue weighted by atomic mass is 16.3. The van der Waals surface area contributed by atoms with Crippen LogP contribution >= 0.6 is 0 Å². The number of piperidine rings is 1. The van der Waals surface area contributed by atoms with Crippen molar-refractivity contribution in [3.63, 3.8) is 0 Å². The smallest absolute Gasteiger partial charge is 0.293 e. The number of allylic oxidation sites excluding steroid dienone is 3. The number of nitrogens with zero attached hydrogens (tertiary/aromatic N) is 3. The second kappa shape index (κ2) is 9.13. The third-order valence-corrected chi connectivity index (χ3v) is 7.88. The van der Waals surface area contributed by atoms with Crippen LogP contribution in [0.3, 0.4) is 0 Å². The molecule has 34 heavy (non-hydrogen) atoms. The molecule has 0 spiro atoms. The number of rotatable bonds is 4. The van der Waals surface area contributed by atoms with E-state index in [1.165, 1.54) is 5.57 Å². The minimum atomic E-state index is -0.902. The normalized spacial score (nSPS) is 29.0. The SMILES string of the molecule is [C-]#[N+]C1=CCC(C(=O)Nc2ccc(C3(O)CC(C)N(C)C(C)C3)cc2C2=CCC(C)(C)CC2)=N1. The van der Waals surface area contributed by atoms with Gasteiger partial charge in [-0.15, -0.1) is 4.99 Å². The largest absolute Gasteiger partial charge is 0.385 e. The molecule has 0 radical (unpaired) electrons. The fourth-order valence-corrected chi connectivity index (χ4v) is 5.37. The molecule has 2 N–H and O–H groups in total. The molecule has 1 aromatic rings. The van der Waals surface area contributed by atoms with Gasteiger partial charge in [0.25, 0.3) is 11.7 Å². The molecule has 0 bridgehead atoms. The van der Waals surface area contributed by atoms with E-state index in [0.29, 0.717) is 25.0 Å². The van der Waals surface area contributed by atoms with E-state index < -0.39 is 5.60 Å². The minimum absolute atomic E-state index is 0.266. The number of hydrogen-bond donors (Lipinski definition) is 2. The quantitative estimate of drug-likeness (QED) is 0.582. The summed E-state index contributed by atoms with van der Waals surface area (Å²) in [5, 5.41) is 14.8. The van der Waals surface area contributed by atoms with E-state index in [1.807, 2.05) is 12.1 Å². The van der Waals surface area contributed by atoms with Crippen molar-refractivity contribution in [2.45, 2.75) is 83.9 Å². The third-order valence-electron chi connectivity index (χ3n) is 7.88. The lowest BCUT2D eigenvalue weighted by Crippen LogP contribution is -2.50. The van der Waals surface area contributed by atoms with Crippen molar-refractivity contribution in [2.24, 2.45) is 10.4 Å². The Morgan fingerprint density at radius 2 is 1.94 bits per heavy atom. The maximum Gasteiger partial charge on any atom is 0.293 e. The molecule has 0 saturated carbocycles. The molecule has 2 unspecified atom stereocenters. The van der Waals surface area contributed by atoms with Gasteiger partial charge in [-0.25, -0.2) is 0 Å². The van der Waals surface area contributed by atoms with Crippen LogP contribution in [0.5, 0.6) is 0 Å². The highest BCUT2D eigenvalue weighted by Gasteiger charge is 2.40. The Balaban J connectivity index is 1.69. The number of nitrogens with one attached hydrogen (secondary N) is 1. The monoisotopic (exact) mass is 460 g/mol. The molecule has 1 fully saturated rings. The van der Waals surface area contributed by atoms with Crippen LogP contribution in [0.15, 0.2) is 41.2 Å². The summed E-state index contributed by atoms with van der Waals surface area (Å²) in [5.74, 6) is -0.00782.